The van der Waals surface area contributed by atoms with Gasteiger partial charge in [-0.05, 0) is 38.6 Å². The maximum atomic E-state index is 4.71. The highest BCUT2D eigenvalue weighted by Gasteiger charge is 2.23. The van der Waals surface area contributed by atoms with Gasteiger partial charge in [0, 0.05) is 17.3 Å². The molecule has 1 unspecified atom stereocenters. The van der Waals surface area contributed by atoms with Crippen molar-refractivity contribution >= 4 is 11.3 Å². The first-order valence-corrected chi connectivity index (χ1v) is 7.15. The average Bonchev–Trinajstić information content (AvgIpc) is 2.58. The average molecular weight is 238 g/mol. The van der Waals surface area contributed by atoms with Gasteiger partial charge in [-0.2, -0.15) is 0 Å². The molecule has 2 nitrogen and oxygen atoms in total. The molecular weight excluding hydrogens is 216 g/mol. The van der Waals surface area contributed by atoms with Crippen molar-refractivity contribution in [2.45, 2.75) is 46.0 Å². The number of fused-ring (bicyclic) bond motifs is 1. The molecule has 0 saturated heterocycles. The second-order valence-corrected chi connectivity index (χ2v) is 6.47. The van der Waals surface area contributed by atoms with Crippen LogP contribution < -0.4 is 5.32 Å². The Kier molecular flexibility index (Phi) is 3.98. The minimum Gasteiger partial charge on any atom is -0.316 e. The summed E-state index contributed by atoms with van der Waals surface area (Å²) in [6, 6.07) is 0. The summed E-state index contributed by atoms with van der Waals surface area (Å²) in [7, 11) is 0. The van der Waals surface area contributed by atoms with Crippen molar-refractivity contribution in [3.63, 3.8) is 0 Å². The molecule has 0 radical (unpaired) electrons. The quantitative estimate of drug-likeness (QED) is 0.872. The van der Waals surface area contributed by atoms with E-state index in [2.05, 4.69) is 26.1 Å². The fourth-order valence-electron chi connectivity index (χ4n) is 2.37. The number of aromatic nitrogens is 1. The molecule has 1 aliphatic rings. The number of thiazole rings is 1. The number of hydrogen-bond acceptors (Lipinski definition) is 3. The largest absolute Gasteiger partial charge is 0.316 e. The molecule has 1 aromatic heterocycles. The van der Waals surface area contributed by atoms with Gasteiger partial charge in [0.25, 0.3) is 0 Å². The van der Waals surface area contributed by atoms with Crippen molar-refractivity contribution in [1.29, 1.82) is 0 Å². The highest BCUT2D eigenvalue weighted by Crippen LogP contribution is 2.34. The highest BCUT2D eigenvalue weighted by molar-refractivity contribution is 7.11. The smallest absolute Gasteiger partial charge is 0.0900 e. The molecule has 0 saturated carbocycles. The first-order chi connectivity index (χ1) is 7.66. The Hall–Kier alpha value is -0.410. The zero-order chi connectivity index (χ0) is 11.5. The standard InChI is InChI=1S/C13H22N2S/c1-9(2)7-14-8-11-5-4-6-12-13(11)15-10(3)16-12/h9,11,14H,4-8H2,1-3H3. The Bertz CT molecular complexity index is 344. The van der Waals surface area contributed by atoms with Gasteiger partial charge in [0.1, 0.15) is 0 Å². The summed E-state index contributed by atoms with van der Waals surface area (Å²) < 4.78 is 0. The fraction of sp³-hybridized carbons (Fsp3) is 0.769. The van der Waals surface area contributed by atoms with Gasteiger partial charge in [-0.1, -0.05) is 13.8 Å². The molecule has 1 heterocycles. The van der Waals surface area contributed by atoms with Crippen LogP contribution in [0.5, 0.6) is 0 Å². The van der Waals surface area contributed by atoms with E-state index >= 15 is 0 Å². The van der Waals surface area contributed by atoms with E-state index in [0.717, 1.165) is 19.0 Å². The van der Waals surface area contributed by atoms with Gasteiger partial charge in [0.05, 0.1) is 10.7 Å². The predicted octanol–water partition coefficient (Wildman–Crippen LogP) is 3.12. The molecule has 0 amide bonds. The summed E-state index contributed by atoms with van der Waals surface area (Å²) in [6.07, 6.45) is 3.89. The predicted molar refractivity (Wildman–Crippen MR) is 70.2 cm³/mol. The van der Waals surface area contributed by atoms with Crippen LogP contribution in [0, 0.1) is 12.8 Å². The van der Waals surface area contributed by atoms with Crippen LogP contribution in [-0.4, -0.2) is 18.1 Å². The monoisotopic (exact) mass is 238 g/mol. The van der Waals surface area contributed by atoms with Crippen LogP contribution in [0.2, 0.25) is 0 Å². The van der Waals surface area contributed by atoms with Crippen LogP contribution in [0.4, 0.5) is 0 Å². The summed E-state index contributed by atoms with van der Waals surface area (Å²) in [4.78, 5) is 6.25. The van der Waals surface area contributed by atoms with Crippen LogP contribution in [0.15, 0.2) is 0 Å². The fourth-order valence-corrected chi connectivity index (χ4v) is 3.44. The first kappa shape index (κ1) is 12.1. The van der Waals surface area contributed by atoms with Crippen LogP contribution in [0.3, 0.4) is 0 Å². The highest BCUT2D eigenvalue weighted by atomic mass is 32.1. The van der Waals surface area contributed by atoms with E-state index < -0.39 is 0 Å². The molecule has 2 rings (SSSR count). The van der Waals surface area contributed by atoms with Crippen molar-refractivity contribution in [1.82, 2.24) is 10.3 Å². The van der Waals surface area contributed by atoms with Gasteiger partial charge >= 0.3 is 0 Å². The van der Waals surface area contributed by atoms with Crippen LogP contribution in [0.1, 0.15) is 48.2 Å². The van der Waals surface area contributed by atoms with Gasteiger partial charge < -0.3 is 5.32 Å². The summed E-state index contributed by atoms with van der Waals surface area (Å²) in [5.41, 5.74) is 1.39. The lowest BCUT2D eigenvalue weighted by Gasteiger charge is -2.22. The van der Waals surface area contributed by atoms with Crippen LogP contribution in [0.25, 0.3) is 0 Å². The van der Waals surface area contributed by atoms with Gasteiger partial charge in [-0.25, -0.2) is 4.98 Å². The molecule has 0 aliphatic heterocycles. The topological polar surface area (TPSA) is 24.9 Å². The van der Waals surface area contributed by atoms with E-state index in [1.807, 2.05) is 11.3 Å². The molecule has 0 spiro atoms. The Balaban J connectivity index is 1.96. The van der Waals surface area contributed by atoms with E-state index in [9.17, 15) is 0 Å². The van der Waals surface area contributed by atoms with Crippen molar-refractivity contribution in [3.05, 3.63) is 15.6 Å². The summed E-state index contributed by atoms with van der Waals surface area (Å²) in [6.45, 7) is 8.86. The summed E-state index contributed by atoms with van der Waals surface area (Å²) >= 11 is 1.89. The first-order valence-electron chi connectivity index (χ1n) is 6.33. The van der Waals surface area contributed by atoms with Crippen molar-refractivity contribution < 1.29 is 0 Å². The van der Waals surface area contributed by atoms with Gasteiger partial charge in [0.15, 0.2) is 0 Å². The molecule has 1 aliphatic carbocycles. The third-order valence-electron chi connectivity index (χ3n) is 3.12. The zero-order valence-corrected chi connectivity index (χ0v) is 11.4. The number of aryl methyl sites for hydroxylation is 2. The Morgan fingerprint density at radius 2 is 2.31 bits per heavy atom. The minimum absolute atomic E-state index is 0.660. The van der Waals surface area contributed by atoms with Gasteiger partial charge in [-0.15, -0.1) is 11.3 Å². The lowest BCUT2D eigenvalue weighted by molar-refractivity contribution is 0.472. The lowest BCUT2D eigenvalue weighted by atomic mass is 9.91. The lowest BCUT2D eigenvalue weighted by Crippen LogP contribution is -2.27. The van der Waals surface area contributed by atoms with Crippen LogP contribution in [-0.2, 0) is 6.42 Å². The second kappa shape index (κ2) is 5.28. The molecule has 1 N–H and O–H groups in total. The third kappa shape index (κ3) is 2.83. The Morgan fingerprint density at radius 3 is 3.06 bits per heavy atom. The second-order valence-electron chi connectivity index (χ2n) is 5.18. The number of rotatable bonds is 4. The molecule has 0 fully saturated rings. The normalized spacial score (nSPS) is 20.1. The van der Waals surface area contributed by atoms with E-state index in [4.69, 9.17) is 4.98 Å². The maximum absolute atomic E-state index is 4.71. The van der Waals surface area contributed by atoms with Crippen molar-refractivity contribution in [3.8, 4) is 0 Å². The summed E-state index contributed by atoms with van der Waals surface area (Å²) in [5.74, 6) is 1.40. The number of nitrogens with zero attached hydrogens (tertiary/aromatic N) is 1. The number of hydrogen-bond donors (Lipinski definition) is 1. The van der Waals surface area contributed by atoms with E-state index in [1.165, 1.54) is 30.0 Å². The molecule has 0 bridgehead atoms. The SMILES string of the molecule is Cc1nc2c(s1)CCCC2CNCC(C)C. The zero-order valence-electron chi connectivity index (χ0n) is 10.5. The molecule has 3 heteroatoms. The molecule has 0 aromatic carbocycles. The van der Waals surface area contributed by atoms with Crippen LogP contribution >= 0.6 is 11.3 Å². The molecule has 90 valence electrons. The van der Waals surface area contributed by atoms with E-state index in [1.54, 1.807) is 4.88 Å². The third-order valence-corrected chi connectivity index (χ3v) is 4.17. The number of nitrogens with one attached hydrogen (secondary N) is 1. The van der Waals surface area contributed by atoms with E-state index in [-0.39, 0.29) is 0 Å². The van der Waals surface area contributed by atoms with Gasteiger partial charge in [0.2, 0.25) is 0 Å². The van der Waals surface area contributed by atoms with E-state index in [0.29, 0.717) is 5.92 Å². The maximum Gasteiger partial charge on any atom is 0.0900 e. The minimum atomic E-state index is 0.660. The Labute approximate surface area is 102 Å². The Morgan fingerprint density at radius 1 is 1.50 bits per heavy atom. The van der Waals surface area contributed by atoms with Crippen molar-refractivity contribution in [2.24, 2.45) is 5.92 Å². The molecular formula is C13H22N2S. The van der Waals surface area contributed by atoms with Gasteiger partial charge in [-0.3, -0.25) is 0 Å². The molecule has 16 heavy (non-hydrogen) atoms. The molecule has 1 aromatic rings. The molecule has 1 atom stereocenters. The van der Waals surface area contributed by atoms with Crippen molar-refractivity contribution in [2.75, 3.05) is 13.1 Å². The summed E-state index contributed by atoms with van der Waals surface area (Å²) in [5, 5.41) is 4.81.